The number of hydrogen-bond donors (Lipinski definition) is 1. The number of nitrogens with zero attached hydrogens (tertiary/aromatic N) is 1. The molecule has 1 amide bonds. The third kappa shape index (κ3) is 3.80. The van der Waals surface area contributed by atoms with Crippen LogP contribution < -0.4 is 9.47 Å². The number of amides is 1. The number of carbonyl (C=O) groups is 2. The highest BCUT2D eigenvalue weighted by Gasteiger charge is 2.34. The van der Waals surface area contributed by atoms with Gasteiger partial charge in [0.2, 0.25) is 0 Å². The molecular formula is C18H19NO7. The second kappa shape index (κ2) is 7.92. The van der Waals surface area contributed by atoms with Crippen molar-refractivity contribution in [3.8, 4) is 11.5 Å². The number of benzene rings is 1. The fraction of sp³-hybridized carbons (Fsp3) is 0.333. The van der Waals surface area contributed by atoms with E-state index >= 15 is 0 Å². The van der Waals surface area contributed by atoms with E-state index in [1.807, 2.05) is 12.1 Å². The van der Waals surface area contributed by atoms with Crippen LogP contribution in [0, 0.1) is 0 Å². The number of furan rings is 1. The SMILES string of the molecule is COc1ccccc1OCc1ccc(C(=O)N2CCOC[C@H]2C(=O)O)o1. The van der Waals surface area contributed by atoms with Gasteiger partial charge in [0.15, 0.2) is 23.3 Å². The van der Waals surface area contributed by atoms with Crippen LogP contribution in [0.4, 0.5) is 0 Å². The van der Waals surface area contributed by atoms with Crippen molar-refractivity contribution < 1.29 is 33.3 Å². The number of ether oxygens (including phenoxy) is 3. The maximum Gasteiger partial charge on any atom is 0.328 e. The normalized spacial score (nSPS) is 17.0. The van der Waals surface area contributed by atoms with Gasteiger partial charge < -0.3 is 28.6 Å². The fourth-order valence-electron chi connectivity index (χ4n) is 2.65. The van der Waals surface area contributed by atoms with Crippen LogP contribution in [-0.2, 0) is 16.1 Å². The number of hydrogen-bond acceptors (Lipinski definition) is 6. The van der Waals surface area contributed by atoms with Crippen LogP contribution in [0.2, 0.25) is 0 Å². The number of rotatable bonds is 6. The molecule has 1 aromatic heterocycles. The summed E-state index contributed by atoms with van der Waals surface area (Å²) < 4.78 is 21.5. The lowest BCUT2D eigenvalue weighted by Gasteiger charge is -2.32. The molecule has 0 radical (unpaired) electrons. The Hall–Kier alpha value is -3.00. The minimum Gasteiger partial charge on any atom is -0.493 e. The van der Waals surface area contributed by atoms with Gasteiger partial charge in [-0.1, -0.05) is 12.1 Å². The van der Waals surface area contributed by atoms with E-state index in [0.29, 0.717) is 23.9 Å². The Bertz CT molecular complexity index is 785. The van der Waals surface area contributed by atoms with E-state index < -0.39 is 17.9 Å². The Morgan fingerprint density at radius 1 is 1.23 bits per heavy atom. The topological polar surface area (TPSA) is 98.4 Å². The van der Waals surface area contributed by atoms with Gasteiger partial charge in [-0.3, -0.25) is 4.79 Å². The summed E-state index contributed by atoms with van der Waals surface area (Å²) in [5, 5.41) is 9.23. The first kappa shape index (κ1) is 17.8. The summed E-state index contributed by atoms with van der Waals surface area (Å²) in [6.45, 7) is 0.564. The van der Waals surface area contributed by atoms with Crippen molar-refractivity contribution in [3.05, 3.63) is 47.9 Å². The van der Waals surface area contributed by atoms with Gasteiger partial charge in [-0.25, -0.2) is 4.79 Å². The molecule has 2 aromatic rings. The van der Waals surface area contributed by atoms with Crippen molar-refractivity contribution in [1.82, 2.24) is 4.90 Å². The molecule has 1 aromatic carbocycles. The molecule has 3 rings (SSSR count). The summed E-state index contributed by atoms with van der Waals surface area (Å²) in [6, 6.07) is 9.30. The van der Waals surface area contributed by atoms with Crippen LogP contribution in [0.1, 0.15) is 16.3 Å². The van der Waals surface area contributed by atoms with Gasteiger partial charge in [0.25, 0.3) is 5.91 Å². The molecule has 8 heteroatoms. The minimum absolute atomic E-state index is 0.0362. The monoisotopic (exact) mass is 361 g/mol. The largest absolute Gasteiger partial charge is 0.493 e. The number of morpholine rings is 1. The molecule has 1 aliphatic rings. The number of para-hydroxylation sites is 2. The molecule has 1 fully saturated rings. The van der Waals surface area contributed by atoms with Crippen molar-refractivity contribution >= 4 is 11.9 Å². The van der Waals surface area contributed by atoms with E-state index in [2.05, 4.69) is 0 Å². The Morgan fingerprint density at radius 2 is 2.00 bits per heavy atom. The molecule has 1 aliphatic heterocycles. The minimum atomic E-state index is -1.11. The highest BCUT2D eigenvalue weighted by Crippen LogP contribution is 2.27. The lowest BCUT2D eigenvalue weighted by molar-refractivity contribution is -0.147. The molecule has 0 bridgehead atoms. The Labute approximate surface area is 149 Å². The molecule has 0 spiro atoms. The summed E-state index contributed by atoms with van der Waals surface area (Å²) in [5.41, 5.74) is 0. The van der Waals surface area contributed by atoms with Gasteiger partial charge in [-0.15, -0.1) is 0 Å². The van der Waals surface area contributed by atoms with Crippen LogP contribution in [0.3, 0.4) is 0 Å². The van der Waals surface area contributed by atoms with E-state index in [9.17, 15) is 14.7 Å². The van der Waals surface area contributed by atoms with Gasteiger partial charge in [-0.2, -0.15) is 0 Å². The van der Waals surface area contributed by atoms with E-state index in [-0.39, 0.29) is 25.5 Å². The summed E-state index contributed by atoms with van der Waals surface area (Å²) in [4.78, 5) is 25.1. The average Bonchev–Trinajstić information content (AvgIpc) is 3.15. The summed E-state index contributed by atoms with van der Waals surface area (Å²) in [6.07, 6.45) is 0. The van der Waals surface area contributed by atoms with Gasteiger partial charge in [-0.05, 0) is 24.3 Å². The summed E-state index contributed by atoms with van der Waals surface area (Å²) >= 11 is 0. The highest BCUT2D eigenvalue weighted by atomic mass is 16.5. The second-order valence-electron chi connectivity index (χ2n) is 5.63. The third-order valence-electron chi connectivity index (χ3n) is 3.99. The molecule has 1 N–H and O–H groups in total. The van der Waals surface area contributed by atoms with Crippen LogP contribution >= 0.6 is 0 Å². The molecule has 0 saturated carbocycles. The molecule has 26 heavy (non-hydrogen) atoms. The molecule has 2 heterocycles. The summed E-state index contributed by atoms with van der Waals surface area (Å²) in [7, 11) is 1.55. The number of methoxy groups -OCH3 is 1. The molecule has 1 atom stereocenters. The predicted molar refractivity (Wildman–Crippen MR) is 89.3 cm³/mol. The van der Waals surface area contributed by atoms with Crippen molar-refractivity contribution in [3.63, 3.8) is 0 Å². The number of aliphatic carboxylic acids is 1. The van der Waals surface area contributed by atoms with Gasteiger partial charge in [0.1, 0.15) is 12.4 Å². The van der Waals surface area contributed by atoms with Crippen LogP contribution in [-0.4, -0.2) is 54.8 Å². The summed E-state index contributed by atoms with van der Waals surface area (Å²) in [5.74, 6) is 0.0658. The molecule has 8 nitrogen and oxygen atoms in total. The van der Waals surface area contributed by atoms with E-state index in [4.69, 9.17) is 18.6 Å². The van der Waals surface area contributed by atoms with E-state index in [0.717, 1.165) is 0 Å². The molecule has 138 valence electrons. The lowest BCUT2D eigenvalue weighted by atomic mass is 10.2. The Balaban J connectivity index is 1.67. The number of carboxylic acid groups (broad SMARTS) is 1. The zero-order valence-electron chi connectivity index (χ0n) is 14.2. The van der Waals surface area contributed by atoms with Crippen molar-refractivity contribution in [1.29, 1.82) is 0 Å². The Morgan fingerprint density at radius 3 is 2.73 bits per heavy atom. The van der Waals surface area contributed by atoms with Crippen LogP contribution in [0.25, 0.3) is 0 Å². The number of carbonyl (C=O) groups excluding carboxylic acids is 1. The average molecular weight is 361 g/mol. The highest BCUT2D eigenvalue weighted by molar-refractivity contribution is 5.94. The zero-order chi connectivity index (χ0) is 18.5. The maximum absolute atomic E-state index is 12.6. The quantitative estimate of drug-likeness (QED) is 0.837. The predicted octanol–water partition coefficient (Wildman–Crippen LogP) is 1.79. The smallest absolute Gasteiger partial charge is 0.328 e. The van der Waals surface area contributed by atoms with Crippen LogP contribution in [0.5, 0.6) is 11.5 Å². The van der Waals surface area contributed by atoms with Gasteiger partial charge in [0.05, 0.1) is 20.3 Å². The second-order valence-corrected chi connectivity index (χ2v) is 5.63. The molecule has 0 aliphatic carbocycles. The van der Waals surface area contributed by atoms with E-state index in [1.165, 1.54) is 11.0 Å². The van der Waals surface area contributed by atoms with Gasteiger partial charge in [0, 0.05) is 6.54 Å². The van der Waals surface area contributed by atoms with Gasteiger partial charge >= 0.3 is 5.97 Å². The molecule has 1 saturated heterocycles. The first-order chi connectivity index (χ1) is 12.6. The first-order valence-electron chi connectivity index (χ1n) is 8.06. The first-order valence-corrected chi connectivity index (χ1v) is 8.06. The van der Waals surface area contributed by atoms with Crippen molar-refractivity contribution in [2.24, 2.45) is 0 Å². The zero-order valence-corrected chi connectivity index (χ0v) is 14.2. The third-order valence-corrected chi connectivity index (χ3v) is 3.99. The van der Waals surface area contributed by atoms with Crippen molar-refractivity contribution in [2.45, 2.75) is 12.6 Å². The van der Waals surface area contributed by atoms with Crippen molar-refractivity contribution in [2.75, 3.05) is 26.9 Å². The Kier molecular flexibility index (Phi) is 5.43. The van der Waals surface area contributed by atoms with Crippen LogP contribution in [0.15, 0.2) is 40.8 Å². The standard InChI is InChI=1S/C18H19NO7/c1-23-14-4-2-3-5-15(14)25-10-12-6-7-16(26-12)17(20)19-8-9-24-11-13(19)18(21)22/h2-7,13H,8-11H2,1H3,(H,21,22)/t13-/m0/s1. The fourth-order valence-corrected chi connectivity index (χ4v) is 2.65. The molecular weight excluding hydrogens is 342 g/mol. The lowest BCUT2D eigenvalue weighted by Crippen LogP contribution is -2.52. The van der Waals surface area contributed by atoms with E-state index in [1.54, 1.807) is 25.3 Å². The number of carboxylic acids is 1. The molecule has 0 unspecified atom stereocenters. The maximum atomic E-state index is 12.6.